The molecule has 0 radical (unpaired) electrons. The molecule has 0 aromatic heterocycles. The number of fused-ring (bicyclic) bond motifs is 2. The summed E-state index contributed by atoms with van der Waals surface area (Å²) in [6, 6.07) is 3.14. The molecule has 2 bridgehead atoms. The number of carbonyl (C=O) groups excluding carboxylic acids is 1. The van der Waals surface area contributed by atoms with Gasteiger partial charge in [0.1, 0.15) is 0 Å². The van der Waals surface area contributed by atoms with Crippen LogP contribution in [0.15, 0.2) is 12.1 Å². The van der Waals surface area contributed by atoms with E-state index in [9.17, 15) is 4.79 Å². The lowest BCUT2D eigenvalue weighted by Gasteiger charge is -2.32. The number of morpholine rings is 1. The Balaban J connectivity index is 1.84. The standard InChI is InChI=1S/C13H14Cl2N2O2/c14-10-3-7(4-11(15)12(10)16)13(18)17-5-8-1-2-9(6-17)19-8/h3-4,8-9H,1-2,5-6,16H2. The summed E-state index contributed by atoms with van der Waals surface area (Å²) >= 11 is 11.9. The second-order valence-electron chi connectivity index (χ2n) is 5.02. The minimum atomic E-state index is -0.0657. The average Bonchev–Trinajstić information content (AvgIpc) is 2.73. The molecule has 0 aliphatic carbocycles. The van der Waals surface area contributed by atoms with Crippen molar-refractivity contribution in [1.29, 1.82) is 0 Å². The molecule has 6 heteroatoms. The third kappa shape index (κ3) is 2.40. The van der Waals surface area contributed by atoms with Crippen LogP contribution in [0.2, 0.25) is 10.0 Å². The first-order valence-corrected chi connectivity index (χ1v) is 6.99. The number of nitrogens with two attached hydrogens (primary N) is 1. The van der Waals surface area contributed by atoms with Crippen LogP contribution in [0.1, 0.15) is 23.2 Å². The Labute approximate surface area is 121 Å². The summed E-state index contributed by atoms with van der Waals surface area (Å²) < 4.78 is 5.71. The fourth-order valence-corrected chi connectivity index (χ4v) is 3.16. The van der Waals surface area contributed by atoms with E-state index in [1.807, 2.05) is 4.90 Å². The van der Waals surface area contributed by atoms with Gasteiger partial charge in [-0.1, -0.05) is 23.2 Å². The molecule has 2 aliphatic heterocycles. The molecule has 102 valence electrons. The van der Waals surface area contributed by atoms with Crippen molar-refractivity contribution in [3.05, 3.63) is 27.7 Å². The lowest BCUT2D eigenvalue weighted by molar-refractivity contribution is -0.0303. The molecule has 3 rings (SSSR count). The maximum Gasteiger partial charge on any atom is 0.254 e. The van der Waals surface area contributed by atoms with Gasteiger partial charge in [0.05, 0.1) is 27.9 Å². The van der Waals surface area contributed by atoms with Crippen LogP contribution < -0.4 is 5.73 Å². The Kier molecular flexibility index (Phi) is 3.33. The van der Waals surface area contributed by atoms with Gasteiger partial charge in [-0.05, 0) is 25.0 Å². The van der Waals surface area contributed by atoms with Gasteiger partial charge in [-0.25, -0.2) is 0 Å². The molecule has 1 aromatic rings. The highest BCUT2D eigenvalue weighted by atomic mass is 35.5. The van der Waals surface area contributed by atoms with Gasteiger partial charge in [-0.2, -0.15) is 0 Å². The van der Waals surface area contributed by atoms with Crippen molar-refractivity contribution in [3.63, 3.8) is 0 Å². The molecule has 1 aromatic carbocycles. The maximum atomic E-state index is 12.4. The fourth-order valence-electron chi connectivity index (χ4n) is 2.67. The van der Waals surface area contributed by atoms with E-state index in [0.29, 0.717) is 34.4 Å². The number of ether oxygens (including phenoxy) is 1. The second-order valence-corrected chi connectivity index (χ2v) is 5.84. The molecule has 2 heterocycles. The number of carbonyl (C=O) groups is 1. The van der Waals surface area contributed by atoms with Gasteiger partial charge in [-0.15, -0.1) is 0 Å². The lowest BCUT2D eigenvalue weighted by atomic mass is 10.1. The van der Waals surface area contributed by atoms with Gasteiger partial charge < -0.3 is 15.4 Å². The van der Waals surface area contributed by atoms with E-state index in [2.05, 4.69) is 0 Å². The molecule has 0 saturated carbocycles. The number of hydrogen-bond donors (Lipinski definition) is 1. The third-order valence-corrected chi connectivity index (χ3v) is 4.28. The molecule has 1 amide bonds. The van der Waals surface area contributed by atoms with Crippen molar-refractivity contribution in [2.24, 2.45) is 0 Å². The van der Waals surface area contributed by atoms with E-state index < -0.39 is 0 Å². The van der Waals surface area contributed by atoms with Crippen molar-refractivity contribution >= 4 is 34.8 Å². The summed E-state index contributed by atoms with van der Waals surface area (Å²) in [5.74, 6) is -0.0657. The molecule has 19 heavy (non-hydrogen) atoms. The third-order valence-electron chi connectivity index (χ3n) is 3.66. The monoisotopic (exact) mass is 300 g/mol. The maximum absolute atomic E-state index is 12.4. The Morgan fingerprint density at radius 2 is 1.74 bits per heavy atom. The van der Waals surface area contributed by atoms with Gasteiger partial charge in [-0.3, -0.25) is 4.79 Å². The van der Waals surface area contributed by atoms with E-state index in [0.717, 1.165) is 12.8 Å². The summed E-state index contributed by atoms with van der Waals surface area (Å²) in [5, 5.41) is 0.624. The van der Waals surface area contributed by atoms with Crippen LogP contribution in [0, 0.1) is 0 Å². The van der Waals surface area contributed by atoms with E-state index in [-0.39, 0.29) is 18.1 Å². The van der Waals surface area contributed by atoms with E-state index in [4.69, 9.17) is 33.7 Å². The van der Waals surface area contributed by atoms with Crippen LogP contribution >= 0.6 is 23.2 Å². The Hall–Kier alpha value is -0.970. The highest BCUT2D eigenvalue weighted by Gasteiger charge is 2.36. The first-order chi connectivity index (χ1) is 9.04. The summed E-state index contributed by atoms with van der Waals surface area (Å²) in [4.78, 5) is 14.3. The van der Waals surface area contributed by atoms with Crippen LogP contribution in [-0.2, 0) is 4.74 Å². The summed E-state index contributed by atoms with van der Waals surface area (Å²) in [7, 11) is 0. The number of benzene rings is 1. The van der Waals surface area contributed by atoms with Crippen LogP contribution in [0.25, 0.3) is 0 Å². The van der Waals surface area contributed by atoms with Gasteiger partial charge >= 0.3 is 0 Å². The number of hydrogen-bond acceptors (Lipinski definition) is 3. The molecule has 4 nitrogen and oxygen atoms in total. The summed E-state index contributed by atoms with van der Waals surface area (Å²) in [5.41, 5.74) is 6.46. The van der Waals surface area contributed by atoms with Gasteiger partial charge in [0, 0.05) is 18.7 Å². The largest absolute Gasteiger partial charge is 0.396 e. The lowest BCUT2D eigenvalue weighted by Crippen LogP contribution is -2.45. The number of nitrogen functional groups attached to an aromatic ring is 1. The average molecular weight is 301 g/mol. The Bertz CT molecular complexity index is 500. The minimum absolute atomic E-state index is 0.0657. The number of rotatable bonds is 1. The topological polar surface area (TPSA) is 55.6 Å². The van der Waals surface area contributed by atoms with Gasteiger partial charge in [0.2, 0.25) is 0 Å². The SMILES string of the molecule is Nc1c(Cl)cc(C(=O)N2CC3CCC(C2)O3)cc1Cl. The zero-order chi connectivity index (χ0) is 13.6. The Morgan fingerprint density at radius 1 is 1.21 bits per heavy atom. The van der Waals surface area contributed by atoms with Gasteiger partial charge in [0.15, 0.2) is 0 Å². The number of amides is 1. The number of anilines is 1. The number of nitrogens with zero attached hydrogens (tertiary/aromatic N) is 1. The molecule has 2 aliphatic rings. The zero-order valence-corrected chi connectivity index (χ0v) is 11.7. The minimum Gasteiger partial charge on any atom is -0.396 e. The van der Waals surface area contributed by atoms with Crippen LogP contribution in [-0.4, -0.2) is 36.1 Å². The van der Waals surface area contributed by atoms with E-state index >= 15 is 0 Å². The van der Waals surface area contributed by atoms with Crippen LogP contribution in [0.3, 0.4) is 0 Å². The van der Waals surface area contributed by atoms with Crippen LogP contribution in [0.5, 0.6) is 0 Å². The van der Waals surface area contributed by atoms with E-state index in [1.54, 1.807) is 12.1 Å². The fraction of sp³-hybridized carbons (Fsp3) is 0.462. The summed E-state index contributed by atoms with van der Waals surface area (Å²) in [6.07, 6.45) is 2.39. The van der Waals surface area contributed by atoms with Crippen molar-refractivity contribution in [3.8, 4) is 0 Å². The quantitative estimate of drug-likeness (QED) is 0.811. The van der Waals surface area contributed by atoms with Crippen molar-refractivity contribution in [1.82, 2.24) is 4.90 Å². The Morgan fingerprint density at radius 3 is 2.26 bits per heavy atom. The first-order valence-electron chi connectivity index (χ1n) is 6.24. The predicted octanol–water partition coefficient (Wildman–Crippen LogP) is 2.58. The predicted molar refractivity (Wildman–Crippen MR) is 74.7 cm³/mol. The molecule has 0 spiro atoms. The second kappa shape index (κ2) is 4.85. The van der Waals surface area contributed by atoms with E-state index in [1.165, 1.54) is 0 Å². The van der Waals surface area contributed by atoms with Crippen molar-refractivity contribution in [2.75, 3.05) is 18.8 Å². The molecular formula is C13H14Cl2N2O2. The first kappa shape index (κ1) is 13.0. The molecule has 2 atom stereocenters. The molecule has 2 fully saturated rings. The number of likely N-dealkylation sites (tertiary alicyclic amines) is 1. The molecule has 2 unspecified atom stereocenters. The smallest absolute Gasteiger partial charge is 0.254 e. The zero-order valence-electron chi connectivity index (χ0n) is 10.2. The number of halogens is 2. The highest BCUT2D eigenvalue weighted by molar-refractivity contribution is 6.39. The van der Waals surface area contributed by atoms with Crippen LogP contribution in [0.4, 0.5) is 5.69 Å². The van der Waals surface area contributed by atoms with Gasteiger partial charge in [0.25, 0.3) is 5.91 Å². The molecular weight excluding hydrogens is 287 g/mol. The van der Waals surface area contributed by atoms with Crippen molar-refractivity contribution < 1.29 is 9.53 Å². The summed E-state index contributed by atoms with van der Waals surface area (Å²) in [6.45, 7) is 1.27. The highest BCUT2D eigenvalue weighted by Crippen LogP contribution is 2.31. The van der Waals surface area contributed by atoms with Crippen molar-refractivity contribution in [2.45, 2.75) is 25.0 Å². The molecule has 2 N–H and O–H groups in total. The normalized spacial score (nSPS) is 25.7. The molecule has 2 saturated heterocycles.